The number of nitrogens with zero attached hydrogens (tertiary/aromatic N) is 1. The van der Waals surface area contributed by atoms with Crippen LogP contribution >= 0.6 is 0 Å². The van der Waals surface area contributed by atoms with Gasteiger partial charge in [0.05, 0.1) is 0 Å². The van der Waals surface area contributed by atoms with Crippen LogP contribution in [0.2, 0.25) is 0 Å². The van der Waals surface area contributed by atoms with Crippen LogP contribution in [-0.4, -0.2) is 53.6 Å². The van der Waals surface area contributed by atoms with Gasteiger partial charge in [-0.2, -0.15) is 0 Å². The Morgan fingerprint density at radius 3 is 2.06 bits per heavy atom. The van der Waals surface area contributed by atoms with Gasteiger partial charge in [-0.25, -0.2) is 9.59 Å². The van der Waals surface area contributed by atoms with E-state index in [-0.39, 0.29) is 5.91 Å². The lowest BCUT2D eigenvalue weighted by Gasteiger charge is -2.23. The van der Waals surface area contributed by atoms with Crippen LogP contribution < -0.4 is 10.6 Å². The SMILES string of the molecule is CC(NC(=O)NC(C)(C)C(=O)O)C(=O)N(C)C. The maximum absolute atomic E-state index is 11.4. The number of likely N-dealkylation sites (N-methyl/N-ethyl adjacent to an activating group) is 1. The number of carboxylic acid groups (broad SMARTS) is 1. The van der Waals surface area contributed by atoms with Crippen LogP contribution in [-0.2, 0) is 9.59 Å². The number of aliphatic carboxylic acids is 1. The third kappa shape index (κ3) is 4.71. The third-order valence-electron chi connectivity index (χ3n) is 2.12. The van der Waals surface area contributed by atoms with Gasteiger partial charge < -0.3 is 20.6 Å². The van der Waals surface area contributed by atoms with Gasteiger partial charge in [-0.1, -0.05) is 0 Å². The molecule has 0 saturated heterocycles. The second kappa shape index (κ2) is 5.51. The van der Waals surface area contributed by atoms with E-state index >= 15 is 0 Å². The zero-order chi connectivity index (χ0) is 13.8. The summed E-state index contributed by atoms with van der Waals surface area (Å²) in [7, 11) is 3.14. The molecule has 0 saturated carbocycles. The average Bonchev–Trinajstić information content (AvgIpc) is 2.14. The van der Waals surface area contributed by atoms with Crippen molar-refractivity contribution >= 4 is 17.9 Å². The Morgan fingerprint density at radius 1 is 1.24 bits per heavy atom. The minimum Gasteiger partial charge on any atom is -0.480 e. The highest BCUT2D eigenvalue weighted by molar-refractivity contribution is 5.89. The van der Waals surface area contributed by atoms with Gasteiger partial charge in [-0.15, -0.1) is 0 Å². The Labute approximate surface area is 100 Å². The summed E-state index contributed by atoms with van der Waals surface area (Å²) >= 11 is 0. The normalized spacial score (nSPS) is 12.5. The van der Waals surface area contributed by atoms with Crippen molar-refractivity contribution in [2.24, 2.45) is 0 Å². The minimum absolute atomic E-state index is 0.270. The second-order valence-electron chi connectivity index (χ2n) is 4.48. The zero-order valence-electron chi connectivity index (χ0n) is 10.7. The molecule has 0 radical (unpaired) electrons. The number of nitrogens with one attached hydrogen (secondary N) is 2. The van der Waals surface area contributed by atoms with E-state index in [2.05, 4.69) is 10.6 Å². The van der Waals surface area contributed by atoms with Crippen molar-refractivity contribution in [3.05, 3.63) is 0 Å². The molecule has 7 nitrogen and oxygen atoms in total. The first kappa shape index (κ1) is 15.2. The van der Waals surface area contributed by atoms with Crippen molar-refractivity contribution in [2.75, 3.05) is 14.1 Å². The summed E-state index contributed by atoms with van der Waals surface area (Å²) in [5, 5.41) is 13.4. The fourth-order valence-electron chi connectivity index (χ4n) is 1.02. The first-order chi connectivity index (χ1) is 7.58. The van der Waals surface area contributed by atoms with E-state index in [4.69, 9.17) is 5.11 Å². The highest BCUT2D eigenvalue weighted by Gasteiger charge is 2.29. The van der Waals surface area contributed by atoms with Crippen LogP contribution in [0.1, 0.15) is 20.8 Å². The molecule has 3 N–H and O–H groups in total. The van der Waals surface area contributed by atoms with Gasteiger partial charge in [0.2, 0.25) is 5.91 Å². The highest BCUT2D eigenvalue weighted by Crippen LogP contribution is 2.01. The largest absolute Gasteiger partial charge is 0.480 e. The lowest BCUT2D eigenvalue weighted by Crippen LogP contribution is -2.56. The lowest BCUT2D eigenvalue weighted by atomic mass is 10.1. The van der Waals surface area contributed by atoms with Crippen molar-refractivity contribution in [1.82, 2.24) is 15.5 Å². The predicted octanol–water partition coefficient (Wildman–Crippen LogP) is -0.374. The highest BCUT2D eigenvalue weighted by atomic mass is 16.4. The molecule has 0 aliphatic rings. The lowest BCUT2D eigenvalue weighted by molar-refractivity contribution is -0.142. The van der Waals surface area contributed by atoms with Crippen LogP contribution in [0.3, 0.4) is 0 Å². The number of hydrogen-bond donors (Lipinski definition) is 3. The smallest absolute Gasteiger partial charge is 0.328 e. The van der Waals surface area contributed by atoms with E-state index in [1.54, 1.807) is 14.1 Å². The van der Waals surface area contributed by atoms with Crippen LogP contribution in [0.5, 0.6) is 0 Å². The monoisotopic (exact) mass is 245 g/mol. The minimum atomic E-state index is -1.38. The summed E-state index contributed by atoms with van der Waals surface area (Å²) < 4.78 is 0. The molecule has 7 heteroatoms. The molecule has 98 valence electrons. The summed E-state index contributed by atoms with van der Waals surface area (Å²) in [5.74, 6) is -1.42. The number of carbonyl (C=O) groups is 3. The molecule has 0 aliphatic carbocycles. The molecule has 3 amide bonds. The molecule has 1 unspecified atom stereocenters. The van der Waals surface area contributed by atoms with Gasteiger partial charge in [-0.05, 0) is 20.8 Å². The summed E-state index contributed by atoms with van der Waals surface area (Å²) in [6, 6.07) is -1.41. The van der Waals surface area contributed by atoms with E-state index in [0.29, 0.717) is 0 Å². The van der Waals surface area contributed by atoms with Gasteiger partial charge in [0.25, 0.3) is 0 Å². The molecule has 0 aliphatic heterocycles. The van der Waals surface area contributed by atoms with Crippen LogP contribution in [0.15, 0.2) is 0 Å². The number of hydrogen-bond acceptors (Lipinski definition) is 3. The predicted molar refractivity (Wildman–Crippen MR) is 61.5 cm³/mol. The standard InChI is InChI=1S/C10H19N3O4/c1-6(7(14)13(4)5)11-9(17)12-10(2,3)8(15)16/h6H,1-5H3,(H,15,16)(H2,11,12,17). The summed E-state index contributed by atoms with van der Waals surface area (Å²) in [6.45, 7) is 4.23. The van der Waals surface area contributed by atoms with Crippen molar-refractivity contribution in [1.29, 1.82) is 0 Å². The number of rotatable bonds is 4. The molecule has 0 aromatic carbocycles. The summed E-state index contributed by atoms with van der Waals surface area (Å²) in [5.41, 5.74) is -1.38. The Bertz CT molecular complexity index is 326. The molecular formula is C10H19N3O4. The number of carboxylic acids is 1. The maximum Gasteiger partial charge on any atom is 0.328 e. The average molecular weight is 245 g/mol. The van der Waals surface area contributed by atoms with Crippen LogP contribution in [0, 0.1) is 0 Å². The summed E-state index contributed by atoms with van der Waals surface area (Å²) in [4.78, 5) is 35.0. The van der Waals surface area contributed by atoms with Crippen molar-refractivity contribution < 1.29 is 19.5 Å². The van der Waals surface area contributed by atoms with Gasteiger partial charge in [0.15, 0.2) is 0 Å². The van der Waals surface area contributed by atoms with Gasteiger partial charge in [0, 0.05) is 14.1 Å². The van der Waals surface area contributed by atoms with Crippen molar-refractivity contribution in [3.8, 4) is 0 Å². The second-order valence-corrected chi connectivity index (χ2v) is 4.48. The van der Waals surface area contributed by atoms with Crippen molar-refractivity contribution in [2.45, 2.75) is 32.4 Å². The molecule has 0 rings (SSSR count). The number of urea groups is 1. The molecule has 17 heavy (non-hydrogen) atoms. The molecule has 0 bridgehead atoms. The number of amides is 3. The van der Waals surface area contributed by atoms with Crippen LogP contribution in [0.25, 0.3) is 0 Å². The molecule has 1 atom stereocenters. The van der Waals surface area contributed by atoms with Crippen molar-refractivity contribution in [3.63, 3.8) is 0 Å². The fourth-order valence-corrected chi connectivity index (χ4v) is 1.02. The Hall–Kier alpha value is -1.79. The number of carbonyl (C=O) groups excluding carboxylic acids is 2. The maximum atomic E-state index is 11.4. The molecular weight excluding hydrogens is 226 g/mol. The van der Waals surface area contributed by atoms with E-state index in [1.807, 2.05) is 0 Å². The molecule has 0 aromatic heterocycles. The van der Waals surface area contributed by atoms with Gasteiger partial charge in [0.1, 0.15) is 11.6 Å². The first-order valence-electron chi connectivity index (χ1n) is 5.11. The Morgan fingerprint density at radius 2 is 1.71 bits per heavy atom. The van der Waals surface area contributed by atoms with Gasteiger partial charge in [-0.3, -0.25) is 4.79 Å². The zero-order valence-corrected chi connectivity index (χ0v) is 10.7. The fraction of sp³-hybridized carbons (Fsp3) is 0.700. The first-order valence-corrected chi connectivity index (χ1v) is 5.11. The van der Waals surface area contributed by atoms with E-state index in [9.17, 15) is 14.4 Å². The quantitative estimate of drug-likeness (QED) is 0.629. The molecule has 0 spiro atoms. The molecule has 0 fully saturated rings. The van der Waals surface area contributed by atoms with Gasteiger partial charge >= 0.3 is 12.0 Å². The molecule has 0 heterocycles. The topological polar surface area (TPSA) is 98.7 Å². The Balaban J connectivity index is 4.38. The van der Waals surface area contributed by atoms with E-state index < -0.39 is 23.6 Å². The van der Waals surface area contributed by atoms with E-state index in [0.717, 1.165) is 0 Å². The van der Waals surface area contributed by atoms with Crippen LogP contribution in [0.4, 0.5) is 4.79 Å². The summed E-state index contributed by atoms with van der Waals surface area (Å²) in [6.07, 6.45) is 0. The third-order valence-corrected chi connectivity index (χ3v) is 2.12. The van der Waals surface area contributed by atoms with E-state index in [1.165, 1.54) is 25.7 Å². The molecule has 0 aromatic rings. The Kier molecular flexibility index (Phi) is 4.93.